The molecule has 2 amide bonds. The van der Waals surface area contributed by atoms with Crippen LogP contribution in [-0.2, 0) is 6.54 Å². The standard InChI is InChI=1S/C18H21N3OS/c1-23-17-8-6-14(7-9-17)13-20-15-4-2-5-16(12-15)21-11-3-10-19-18(21)22/h2,4-9,12,20H,3,10-11,13H2,1H3,(H,19,22). The van der Waals surface area contributed by atoms with Crippen LogP contribution in [0.1, 0.15) is 12.0 Å². The Bertz CT molecular complexity index is 672. The molecular weight excluding hydrogens is 306 g/mol. The van der Waals surface area contributed by atoms with E-state index in [0.717, 1.165) is 37.4 Å². The first kappa shape index (κ1) is 15.7. The topological polar surface area (TPSA) is 44.4 Å². The maximum absolute atomic E-state index is 11.9. The number of carbonyl (C=O) groups excluding carboxylic acids is 1. The molecule has 1 aliphatic heterocycles. The van der Waals surface area contributed by atoms with E-state index in [-0.39, 0.29) is 6.03 Å². The highest BCUT2D eigenvalue weighted by Crippen LogP contribution is 2.22. The highest BCUT2D eigenvalue weighted by atomic mass is 32.2. The van der Waals surface area contributed by atoms with Crippen molar-refractivity contribution < 1.29 is 4.79 Å². The van der Waals surface area contributed by atoms with Gasteiger partial charge < -0.3 is 10.6 Å². The highest BCUT2D eigenvalue weighted by molar-refractivity contribution is 7.98. The first-order valence-electron chi connectivity index (χ1n) is 7.78. The Kier molecular flexibility index (Phi) is 5.08. The van der Waals surface area contributed by atoms with Crippen molar-refractivity contribution in [2.45, 2.75) is 17.9 Å². The molecule has 1 aliphatic rings. The van der Waals surface area contributed by atoms with E-state index in [4.69, 9.17) is 0 Å². The number of benzene rings is 2. The molecule has 0 aliphatic carbocycles. The van der Waals surface area contributed by atoms with Crippen LogP contribution < -0.4 is 15.5 Å². The molecular formula is C18H21N3OS. The van der Waals surface area contributed by atoms with E-state index < -0.39 is 0 Å². The minimum Gasteiger partial charge on any atom is -0.381 e. The van der Waals surface area contributed by atoms with Crippen molar-refractivity contribution in [1.29, 1.82) is 0 Å². The number of anilines is 2. The molecule has 0 atom stereocenters. The van der Waals surface area contributed by atoms with Crippen LogP contribution in [0.3, 0.4) is 0 Å². The summed E-state index contributed by atoms with van der Waals surface area (Å²) in [4.78, 5) is 15.0. The lowest BCUT2D eigenvalue weighted by Gasteiger charge is -2.27. The van der Waals surface area contributed by atoms with E-state index in [0.29, 0.717) is 0 Å². The number of hydrogen-bond acceptors (Lipinski definition) is 3. The van der Waals surface area contributed by atoms with Crippen molar-refractivity contribution in [3.63, 3.8) is 0 Å². The molecule has 0 bridgehead atoms. The molecule has 5 heteroatoms. The molecule has 23 heavy (non-hydrogen) atoms. The minimum atomic E-state index is -0.0129. The number of hydrogen-bond donors (Lipinski definition) is 2. The zero-order chi connectivity index (χ0) is 16.1. The third-order valence-corrected chi connectivity index (χ3v) is 4.64. The molecule has 0 unspecified atom stereocenters. The Hall–Kier alpha value is -2.14. The fourth-order valence-corrected chi connectivity index (χ4v) is 3.02. The normalized spacial score (nSPS) is 14.5. The van der Waals surface area contributed by atoms with Crippen LogP contribution in [-0.4, -0.2) is 25.4 Å². The Labute approximate surface area is 141 Å². The van der Waals surface area contributed by atoms with Crippen LogP contribution >= 0.6 is 11.8 Å². The van der Waals surface area contributed by atoms with Crippen LogP contribution in [0.5, 0.6) is 0 Å². The lowest BCUT2D eigenvalue weighted by Crippen LogP contribution is -2.46. The molecule has 1 saturated heterocycles. The van der Waals surface area contributed by atoms with E-state index in [1.54, 1.807) is 16.7 Å². The van der Waals surface area contributed by atoms with Crippen LogP contribution in [0.2, 0.25) is 0 Å². The van der Waals surface area contributed by atoms with Crippen LogP contribution in [0.4, 0.5) is 16.2 Å². The van der Waals surface area contributed by atoms with Crippen molar-refractivity contribution in [1.82, 2.24) is 5.32 Å². The number of nitrogens with zero attached hydrogens (tertiary/aromatic N) is 1. The third-order valence-electron chi connectivity index (χ3n) is 3.89. The van der Waals surface area contributed by atoms with Gasteiger partial charge in [0.2, 0.25) is 0 Å². The van der Waals surface area contributed by atoms with Gasteiger partial charge in [0.15, 0.2) is 0 Å². The highest BCUT2D eigenvalue weighted by Gasteiger charge is 2.19. The van der Waals surface area contributed by atoms with Crippen LogP contribution in [0, 0.1) is 0 Å². The van der Waals surface area contributed by atoms with E-state index in [1.165, 1.54) is 10.5 Å². The largest absolute Gasteiger partial charge is 0.381 e. The van der Waals surface area contributed by atoms with E-state index in [1.807, 2.05) is 24.3 Å². The van der Waals surface area contributed by atoms with E-state index in [2.05, 4.69) is 41.2 Å². The Morgan fingerprint density at radius 3 is 2.78 bits per heavy atom. The summed E-state index contributed by atoms with van der Waals surface area (Å²) in [7, 11) is 0. The smallest absolute Gasteiger partial charge is 0.321 e. The first-order valence-corrected chi connectivity index (χ1v) is 9.01. The number of carbonyl (C=O) groups is 1. The molecule has 0 saturated carbocycles. The fraction of sp³-hybridized carbons (Fsp3) is 0.278. The van der Waals surface area contributed by atoms with Crippen molar-refractivity contribution in [3.8, 4) is 0 Å². The van der Waals surface area contributed by atoms with E-state index >= 15 is 0 Å². The maximum Gasteiger partial charge on any atom is 0.321 e. The molecule has 0 aromatic heterocycles. The second kappa shape index (κ2) is 7.42. The number of rotatable bonds is 5. The SMILES string of the molecule is CSc1ccc(CNc2cccc(N3CCCNC3=O)c2)cc1. The molecule has 0 spiro atoms. The first-order chi connectivity index (χ1) is 11.3. The summed E-state index contributed by atoms with van der Waals surface area (Å²) in [6, 6.07) is 16.6. The van der Waals surface area contributed by atoms with Crippen molar-refractivity contribution >= 4 is 29.2 Å². The van der Waals surface area contributed by atoms with Gasteiger partial charge in [0.05, 0.1) is 0 Å². The molecule has 3 rings (SSSR count). The van der Waals surface area contributed by atoms with Gasteiger partial charge in [-0.2, -0.15) is 0 Å². The van der Waals surface area contributed by atoms with Crippen molar-refractivity contribution in [2.24, 2.45) is 0 Å². The predicted molar refractivity (Wildman–Crippen MR) is 97.4 cm³/mol. The van der Waals surface area contributed by atoms with Gasteiger partial charge in [0, 0.05) is 35.9 Å². The number of urea groups is 1. The number of thioether (sulfide) groups is 1. The third kappa shape index (κ3) is 3.99. The molecule has 2 aromatic carbocycles. The number of amides is 2. The quantitative estimate of drug-likeness (QED) is 0.818. The van der Waals surface area contributed by atoms with Gasteiger partial charge in [0.25, 0.3) is 0 Å². The monoisotopic (exact) mass is 327 g/mol. The summed E-state index contributed by atoms with van der Waals surface area (Å²) >= 11 is 1.75. The van der Waals surface area contributed by atoms with Gasteiger partial charge in [-0.3, -0.25) is 4.90 Å². The van der Waals surface area contributed by atoms with Gasteiger partial charge in [-0.15, -0.1) is 11.8 Å². The summed E-state index contributed by atoms with van der Waals surface area (Å²) < 4.78 is 0. The molecule has 1 heterocycles. The molecule has 120 valence electrons. The summed E-state index contributed by atoms with van der Waals surface area (Å²) in [5, 5.41) is 6.31. The maximum atomic E-state index is 11.9. The Morgan fingerprint density at radius 2 is 2.04 bits per heavy atom. The second-order valence-electron chi connectivity index (χ2n) is 5.49. The Balaban J connectivity index is 1.66. The van der Waals surface area contributed by atoms with Crippen LogP contribution in [0.25, 0.3) is 0 Å². The van der Waals surface area contributed by atoms with Gasteiger partial charge in [-0.05, 0) is 48.6 Å². The molecule has 0 radical (unpaired) electrons. The zero-order valence-electron chi connectivity index (χ0n) is 13.2. The van der Waals surface area contributed by atoms with Gasteiger partial charge >= 0.3 is 6.03 Å². The summed E-state index contributed by atoms with van der Waals surface area (Å²) in [5.74, 6) is 0. The lowest BCUT2D eigenvalue weighted by molar-refractivity contribution is 0.243. The van der Waals surface area contributed by atoms with Gasteiger partial charge in [-0.1, -0.05) is 18.2 Å². The summed E-state index contributed by atoms with van der Waals surface area (Å²) in [6.45, 7) is 2.30. The molecule has 4 nitrogen and oxygen atoms in total. The summed E-state index contributed by atoms with van der Waals surface area (Å²) in [5.41, 5.74) is 3.20. The molecule has 2 N–H and O–H groups in total. The average Bonchev–Trinajstić information content (AvgIpc) is 2.61. The Morgan fingerprint density at radius 1 is 1.22 bits per heavy atom. The lowest BCUT2D eigenvalue weighted by atomic mass is 10.2. The second-order valence-corrected chi connectivity index (χ2v) is 6.37. The molecule has 2 aromatic rings. The molecule has 1 fully saturated rings. The zero-order valence-corrected chi connectivity index (χ0v) is 14.0. The van der Waals surface area contributed by atoms with E-state index in [9.17, 15) is 4.79 Å². The van der Waals surface area contributed by atoms with Gasteiger partial charge in [0.1, 0.15) is 0 Å². The number of nitrogens with one attached hydrogen (secondary N) is 2. The van der Waals surface area contributed by atoms with Crippen molar-refractivity contribution in [3.05, 3.63) is 54.1 Å². The van der Waals surface area contributed by atoms with Crippen molar-refractivity contribution in [2.75, 3.05) is 29.6 Å². The summed E-state index contributed by atoms with van der Waals surface area (Å²) in [6.07, 6.45) is 3.06. The van der Waals surface area contributed by atoms with Gasteiger partial charge in [-0.25, -0.2) is 4.79 Å². The fourth-order valence-electron chi connectivity index (χ4n) is 2.61. The predicted octanol–water partition coefficient (Wildman–Crippen LogP) is 3.94. The minimum absolute atomic E-state index is 0.0129. The average molecular weight is 327 g/mol. The van der Waals surface area contributed by atoms with Crippen LogP contribution in [0.15, 0.2) is 53.4 Å².